The Kier molecular flexibility index (Phi) is 7.42. The zero-order chi connectivity index (χ0) is 27.8. The van der Waals surface area contributed by atoms with Gasteiger partial charge in [-0.15, -0.1) is 17.9 Å². The third kappa shape index (κ3) is 4.90. The zero-order valence-corrected chi connectivity index (χ0v) is 23.9. The number of hydrogen-bond donors (Lipinski definition) is 0. The lowest BCUT2D eigenvalue weighted by Gasteiger charge is -2.12. The number of hydrogen-bond acceptors (Lipinski definition) is 5. The average Bonchev–Trinajstić information content (AvgIpc) is 3.47. The summed E-state index contributed by atoms with van der Waals surface area (Å²) in [5, 5.41) is 3.02. The topological polar surface area (TPSA) is 56.9 Å². The molecule has 0 amide bonds. The fourth-order valence-corrected chi connectivity index (χ4v) is 6.66. The first-order valence-corrected chi connectivity index (χ1v) is 14.4. The van der Waals surface area contributed by atoms with Gasteiger partial charge in [0.05, 0.1) is 16.8 Å². The molecule has 8 heteroatoms. The number of para-hydroxylation sites is 1. The van der Waals surface area contributed by atoms with Crippen molar-refractivity contribution in [3.8, 4) is 16.8 Å². The normalized spacial score (nSPS) is 11.3. The highest BCUT2D eigenvalue weighted by molar-refractivity contribution is 7.99. The molecule has 0 spiro atoms. The van der Waals surface area contributed by atoms with Crippen LogP contribution in [0.15, 0.2) is 76.5 Å². The maximum atomic E-state index is 14.5. The molecule has 0 fully saturated rings. The van der Waals surface area contributed by atoms with Gasteiger partial charge in [-0.05, 0) is 62.6 Å². The van der Waals surface area contributed by atoms with Gasteiger partial charge < -0.3 is 4.57 Å². The summed E-state index contributed by atoms with van der Waals surface area (Å²) in [4.78, 5) is 32.5. The number of aromatic nitrogens is 3. The van der Waals surface area contributed by atoms with Crippen LogP contribution in [-0.2, 0) is 6.54 Å². The molecule has 5 nitrogen and oxygen atoms in total. The van der Waals surface area contributed by atoms with E-state index in [0.717, 1.165) is 22.4 Å². The molecule has 0 radical (unpaired) electrons. The SMILES string of the molecule is C=CCn1c(SCC(=O)c2cc(C)n(-c3ccccc3F)c2C)nc2scc(-c3ccc(C)c(C)c3)c2c1=O. The minimum Gasteiger partial charge on any atom is -0.315 e. The van der Waals surface area contributed by atoms with E-state index < -0.39 is 0 Å². The third-order valence-corrected chi connectivity index (χ3v) is 8.79. The highest BCUT2D eigenvalue weighted by Gasteiger charge is 2.21. The second-order valence-electron chi connectivity index (χ2n) is 9.51. The number of allylic oxidation sites excluding steroid dienone is 1. The molecular weight excluding hydrogens is 529 g/mol. The molecule has 2 aromatic carbocycles. The van der Waals surface area contributed by atoms with Gasteiger partial charge in [-0.3, -0.25) is 14.2 Å². The van der Waals surface area contributed by atoms with Crippen LogP contribution in [0.1, 0.15) is 32.9 Å². The van der Waals surface area contributed by atoms with Gasteiger partial charge in [0.2, 0.25) is 0 Å². The molecule has 3 heterocycles. The number of aryl methyl sites for hydroxylation is 3. The van der Waals surface area contributed by atoms with Crippen LogP contribution in [0.2, 0.25) is 0 Å². The first kappa shape index (κ1) is 26.8. The highest BCUT2D eigenvalue weighted by atomic mass is 32.2. The smallest absolute Gasteiger partial charge is 0.263 e. The third-order valence-electron chi connectivity index (χ3n) is 6.95. The molecule has 0 N–H and O–H groups in total. The number of rotatable bonds is 8. The van der Waals surface area contributed by atoms with Crippen molar-refractivity contribution in [2.45, 2.75) is 39.4 Å². The Morgan fingerprint density at radius 2 is 1.87 bits per heavy atom. The fourth-order valence-electron chi connectivity index (χ4n) is 4.78. The first-order valence-electron chi connectivity index (χ1n) is 12.5. The number of nitrogens with zero attached hydrogens (tertiary/aromatic N) is 3. The number of carbonyl (C=O) groups excluding carboxylic acids is 1. The summed E-state index contributed by atoms with van der Waals surface area (Å²) in [6.07, 6.45) is 1.66. The van der Waals surface area contributed by atoms with Gasteiger partial charge in [0.25, 0.3) is 5.56 Å². The van der Waals surface area contributed by atoms with Crippen molar-refractivity contribution in [2.24, 2.45) is 0 Å². The molecule has 3 aromatic heterocycles. The Morgan fingerprint density at radius 3 is 2.59 bits per heavy atom. The number of benzene rings is 2. The Morgan fingerprint density at radius 1 is 1.10 bits per heavy atom. The number of carbonyl (C=O) groups is 1. The van der Waals surface area contributed by atoms with Crippen LogP contribution >= 0.6 is 23.1 Å². The van der Waals surface area contributed by atoms with Gasteiger partial charge in [-0.1, -0.05) is 48.2 Å². The number of thioether (sulfide) groups is 1. The fraction of sp³-hybridized carbons (Fsp3) is 0.194. The molecule has 0 saturated heterocycles. The Balaban J connectivity index is 1.48. The lowest BCUT2D eigenvalue weighted by molar-refractivity contribution is 0.102. The number of ketones is 1. The maximum absolute atomic E-state index is 14.5. The lowest BCUT2D eigenvalue weighted by Crippen LogP contribution is -2.23. The van der Waals surface area contributed by atoms with Gasteiger partial charge in [0.15, 0.2) is 10.9 Å². The van der Waals surface area contributed by atoms with E-state index in [-0.39, 0.29) is 29.5 Å². The molecule has 0 aliphatic heterocycles. The van der Waals surface area contributed by atoms with E-state index in [0.29, 0.717) is 32.3 Å². The average molecular weight is 558 g/mol. The molecular formula is C31H28FN3O2S2. The number of Topliss-reactive ketones (excluding diaryl/α,β-unsaturated/α-hetero) is 1. The summed E-state index contributed by atoms with van der Waals surface area (Å²) in [6, 6.07) is 14.5. The molecule has 0 unspecified atom stereocenters. The van der Waals surface area contributed by atoms with Crippen molar-refractivity contribution in [1.82, 2.24) is 14.1 Å². The summed E-state index contributed by atoms with van der Waals surface area (Å²) in [5.74, 6) is -0.376. The van der Waals surface area contributed by atoms with Crippen molar-refractivity contribution in [2.75, 3.05) is 5.75 Å². The Bertz CT molecular complexity index is 1810. The van der Waals surface area contributed by atoms with E-state index in [4.69, 9.17) is 4.98 Å². The summed E-state index contributed by atoms with van der Waals surface area (Å²) < 4.78 is 17.8. The lowest BCUT2D eigenvalue weighted by atomic mass is 10.0. The monoisotopic (exact) mass is 557 g/mol. The first-order chi connectivity index (χ1) is 18.7. The molecule has 0 atom stereocenters. The van der Waals surface area contributed by atoms with Gasteiger partial charge in [-0.2, -0.15) is 0 Å². The molecule has 0 aliphatic rings. The van der Waals surface area contributed by atoms with Crippen LogP contribution in [0.4, 0.5) is 4.39 Å². The number of fused-ring (bicyclic) bond motifs is 1. The van der Waals surface area contributed by atoms with Crippen molar-refractivity contribution < 1.29 is 9.18 Å². The van der Waals surface area contributed by atoms with E-state index in [1.807, 2.05) is 25.3 Å². The highest BCUT2D eigenvalue weighted by Crippen LogP contribution is 2.33. The van der Waals surface area contributed by atoms with Crippen LogP contribution < -0.4 is 5.56 Å². The van der Waals surface area contributed by atoms with Crippen molar-refractivity contribution in [3.63, 3.8) is 0 Å². The molecule has 5 rings (SSSR count). The quantitative estimate of drug-likeness (QED) is 0.0861. The Labute approximate surface area is 234 Å². The van der Waals surface area contributed by atoms with Gasteiger partial charge in [-0.25, -0.2) is 9.37 Å². The standard InChI is InChI=1S/C31H28FN3O2S2/c1-6-13-34-30(37)28-24(22-12-11-18(2)19(3)14-22)16-38-29(28)33-31(34)39-17-27(36)23-15-20(4)35(21(23)5)26-10-8-7-9-25(26)32/h6-12,14-16H,1,13,17H2,2-5H3. The Hall–Kier alpha value is -3.75. The molecule has 0 saturated carbocycles. The summed E-state index contributed by atoms with van der Waals surface area (Å²) >= 11 is 2.65. The summed E-state index contributed by atoms with van der Waals surface area (Å²) in [6.45, 7) is 11.9. The van der Waals surface area contributed by atoms with Crippen molar-refractivity contribution in [1.29, 1.82) is 0 Å². The zero-order valence-electron chi connectivity index (χ0n) is 22.2. The van der Waals surface area contributed by atoms with E-state index >= 15 is 0 Å². The number of thiophene rings is 1. The predicted molar refractivity (Wildman–Crippen MR) is 159 cm³/mol. The van der Waals surface area contributed by atoms with Crippen molar-refractivity contribution in [3.05, 3.63) is 111 Å². The molecule has 39 heavy (non-hydrogen) atoms. The molecule has 0 bridgehead atoms. The predicted octanol–water partition coefficient (Wildman–Crippen LogP) is 7.45. The van der Waals surface area contributed by atoms with E-state index in [9.17, 15) is 14.0 Å². The summed E-state index contributed by atoms with van der Waals surface area (Å²) in [7, 11) is 0. The minimum atomic E-state index is -0.352. The van der Waals surface area contributed by atoms with Crippen LogP contribution in [0.25, 0.3) is 27.0 Å². The largest absolute Gasteiger partial charge is 0.315 e. The maximum Gasteiger partial charge on any atom is 0.263 e. The molecule has 0 aliphatic carbocycles. The van der Waals surface area contributed by atoms with E-state index in [1.54, 1.807) is 39.5 Å². The van der Waals surface area contributed by atoms with E-state index in [1.165, 1.54) is 34.7 Å². The molecule has 198 valence electrons. The van der Waals surface area contributed by atoms with Crippen LogP contribution in [0.5, 0.6) is 0 Å². The number of halogens is 1. The van der Waals surface area contributed by atoms with Gasteiger partial charge >= 0.3 is 0 Å². The van der Waals surface area contributed by atoms with Gasteiger partial charge in [0.1, 0.15) is 10.6 Å². The second kappa shape index (κ2) is 10.8. The molecule has 5 aromatic rings. The van der Waals surface area contributed by atoms with Crippen LogP contribution in [0.3, 0.4) is 0 Å². The van der Waals surface area contributed by atoms with Crippen LogP contribution in [-0.4, -0.2) is 25.7 Å². The van der Waals surface area contributed by atoms with Crippen LogP contribution in [0, 0.1) is 33.5 Å². The summed E-state index contributed by atoms with van der Waals surface area (Å²) in [5.41, 5.74) is 6.42. The van der Waals surface area contributed by atoms with Crippen molar-refractivity contribution >= 4 is 39.1 Å². The second-order valence-corrected chi connectivity index (χ2v) is 11.3. The van der Waals surface area contributed by atoms with E-state index in [2.05, 4.69) is 32.6 Å². The van der Waals surface area contributed by atoms with Gasteiger partial charge in [0, 0.05) is 34.4 Å². The minimum absolute atomic E-state index is 0.0893.